The van der Waals surface area contributed by atoms with Gasteiger partial charge in [-0.15, -0.1) is 0 Å². The van der Waals surface area contributed by atoms with E-state index in [1.54, 1.807) is 12.4 Å². The van der Waals surface area contributed by atoms with Crippen molar-refractivity contribution in [3.63, 3.8) is 0 Å². The van der Waals surface area contributed by atoms with E-state index in [0.717, 1.165) is 22.5 Å². The van der Waals surface area contributed by atoms with Gasteiger partial charge in [0.05, 0.1) is 18.7 Å². The third-order valence-corrected chi connectivity index (χ3v) is 2.91. The second-order valence-electron chi connectivity index (χ2n) is 4.24. The Morgan fingerprint density at radius 2 is 2.22 bits per heavy atom. The third kappa shape index (κ3) is 2.56. The highest BCUT2D eigenvalue weighted by Gasteiger charge is 2.14. The Morgan fingerprint density at radius 1 is 1.44 bits per heavy atom. The summed E-state index contributed by atoms with van der Waals surface area (Å²) < 4.78 is 1.82. The Hall–Kier alpha value is -2.17. The molecule has 2 rings (SSSR count). The van der Waals surface area contributed by atoms with E-state index in [4.69, 9.17) is 5.11 Å². The van der Waals surface area contributed by atoms with Crippen LogP contribution in [0, 0.1) is 13.8 Å². The van der Waals surface area contributed by atoms with Gasteiger partial charge in [0.15, 0.2) is 0 Å². The van der Waals surface area contributed by atoms with Gasteiger partial charge in [-0.25, -0.2) is 0 Å². The molecule has 0 bridgehead atoms. The van der Waals surface area contributed by atoms with Crippen molar-refractivity contribution in [1.82, 2.24) is 14.8 Å². The van der Waals surface area contributed by atoms with E-state index in [0.29, 0.717) is 6.54 Å². The minimum atomic E-state index is -0.831. The zero-order valence-corrected chi connectivity index (χ0v) is 10.4. The van der Waals surface area contributed by atoms with Gasteiger partial charge in [-0.2, -0.15) is 5.10 Å². The fourth-order valence-corrected chi connectivity index (χ4v) is 1.96. The largest absolute Gasteiger partial charge is 0.481 e. The van der Waals surface area contributed by atoms with E-state index < -0.39 is 5.97 Å². The van der Waals surface area contributed by atoms with Crippen molar-refractivity contribution in [3.05, 3.63) is 47.0 Å². The van der Waals surface area contributed by atoms with Crippen molar-refractivity contribution in [2.24, 2.45) is 0 Å². The Balaban J connectivity index is 2.27. The highest BCUT2D eigenvalue weighted by molar-refractivity contribution is 5.70. The number of aromatic nitrogens is 3. The first-order valence-electron chi connectivity index (χ1n) is 5.71. The van der Waals surface area contributed by atoms with Gasteiger partial charge in [0, 0.05) is 23.7 Å². The molecule has 2 aromatic heterocycles. The van der Waals surface area contributed by atoms with Gasteiger partial charge < -0.3 is 5.11 Å². The Morgan fingerprint density at radius 3 is 2.83 bits per heavy atom. The minimum Gasteiger partial charge on any atom is -0.481 e. The first-order valence-corrected chi connectivity index (χ1v) is 5.71. The van der Waals surface area contributed by atoms with Crippen LogP contribution in [0.5, 0.6) is 0 Å². The van der Waals surface area contributed by atoms with E-state index in [-0.39, 0.29) is 6.42 Å². The van der Waals surface area contributed by atoms with Crippen molar-refractivity contribution in [3.8, 4) is 0 Å². The number of pyridine rings is 1. The number of hydrogen-bond acceptors (Lipinski definition) is 3. The van der Waals surface area contributed by atoms with Crippen molar-refractivity contribution < 1.29 is 9.90 Å². The summed E-state index contributed by atoms with van der Waals surface area (Å²) in [6.45, 7) is 4.35. The van der Waals surface area contributed by atoms with Crippen LogP contribution in [0.4, 0.5) is 0 Å². The van der Waals surface area contributed by atoms with E-state index >= 15 is 0 Å². The molecule has 0 fully saturated rings. The minimum absolute atomic E-state index is 0.0186. The molecule has 0 aromatic carbocycles. The van der Waals surface area contributed by atoms with Gasteiger partial charge in [-0.3, -0.25) is 14.5 Å². The van der Waals surface area contributed by atoms with E-state index in [1.807, 2.05) is 30.7 Å². The maximum atomic E-state index is 10.8. The number of hydrogen-bond donors (Lipinski definition) is 1. The van der Waals surface area contributed by atoms with Gasteiger partial charge in [-0.1, -0.05) is 6.07 Å². The van der Waals surface area contributed by atoms with Gasteiger partial charge in [0.1, 0.15) is 0 Å². The predicted molar refractivity (Wildman–Crippen MR) is 66.4 cm³/mol. The van der Waals surface area contributed by atoms with Crippen LogP contribution in [-0.4, -0.2) is 25.8 Å². The van der Waals surface area contributed by atoms with Crippen molar-refractivity contribution in [1.29, 1.82) is 0 Å². The summed E-state index contributed by atoms with van der Waals surface area (Å²) in [4.78, 5) is 14.8. The fourth-order valence-electron chi connectivity index (χ4n) is 1.96. The standard InChI is InChI=1S/C13H15N3O2/c1-9-12(6-13(17)18)10(2)16(15-9)8-11-4-3-5-14-7-11/h3-5,7H,6,8H2,1-2H3,(H,17,18). The topological polar surface area (TPSA) is 68.0 Å². The molecule has 0 aliphatic rings. The smallest absolute Gasteiger partial charge is 0.307 e. The predicted octanol–water partition coefficient (Wildman–Crippen LogP) is 1.57. The number of carboxylic acid groups (broad SMARTS) is 1. The summed E-state index contributed by atoms with van der Waals surface area (Å²) in [5.41, 5.74) is 3.52. The molecule has 94 valence electrons. The molecule has 18 heavy (non-hydrogen) atoms. The average Bonchev–Trinajstić information content (AvgIpc) is 2.58. The highest BCUT2D eigenvalue weighted by atomic mass is 16.4. The molecule has 2 aromatic rings. The van der Waals surface area contributed by atoms with Crippen LogP contribution >= 0.6 is 0 Å². The fraction of sp³-hybridized carbons (Fsp3) is 0.308. The Bertz CT molecular complexity index is 561. The molecule has 0 aliphatic carbocycles. The van der Waals surface area contributed by atoms with Crippen LogP contribution in [0.2, 0.25) is 0 Å². The zero-order valence-electron chi connectivity index (χ0n) is 10.4. The zero-order chi connectivity index (χ0) is 13.1. The molecule has 1 N–H and O–H groups in total. The number of carboxylic acids is 1. The number of aryl methyl sites for hydroxylation is 1. The Kier molecular flexibility index (Phi) is 3.41. The molecule has 5 heteroatoms. The number of rotatable bonds is 4. The first kappa shape index (κ1) is 12.3. The summed E-state index contributed by atoms with van der Waals surface area (Å²) >= 11 is 0. The molecule has 0 atom stereocenters. The molecule has 0 spiro atoms. The van der Waals surface area contributed by atoms with Crippen molar-refractivity contribution >= 4 is 5.97 Å². The van der Waals surface area contributed by atoms with E-state index in [1.165, 1.54) is 0 Å². The van der Waals surface area contributed by atoms with Crippen molar-refractivity contribution in [2.75, 3.05) is 0 Å². The van der Waals surface area contributed by atoms with E-state index in [2.05, 4.69) is 10.1 Å². The summed E-state index contributed by atoms with van der Waals surface area (Å²) in [5, 5.41) is 13.3. The molecule has 2 heterocycles. The van der Waals surface area contributed by atoms with Gasteiger partial charge in [-0.05, 0) is 25.5 Å². The molecule has 0 saturated heterocycles. The summed E-state index contributed by atoms with van der Waals surface area (Å²) in [5.74, 6) is -0.831. The molecule has 0 amide bonds. The summed E-state index contributed by atoms with van der Waals surface area (Å²) in [7, 11) is 0. The third-order valence-electron chi connectivity index (χ3n) is 2.91. The molecule has 0 unspecified atom stereocenters. The monoisotopic (exact) mass is 245 g/mol. The van der Waals surface area contributed by atoms with Crippen LogP contribution in [0.3, 0.4) is 0 Å². The van der Waals surface area contributed by atoms with Crippen LogP contribution in [0.1, 0.15) is 22.5 Å². The highest BCUT2D eigenvalue weighted by Crippen LogP contribution is 2.15. The lowest BCUT2D eigenvalue weighted by Crippen LogP contribution is -2.06. The SMILES string of the molecule is Cc1nn(Cc2cccnc2)c(C)c1CC(=O)O. The maximum absolute atomic E-state index is 10.8. The average molecular weight is 245 g/mol. The van der Waals surface area contributed by atoms with Crippen LogP contribution in [0.15, 0.2) is 24.5 Å². The molecular formula is C13H15N3O2. The molecule has 0 saturated carbocycles. The molecule has 5 nitrogen and oxygen atoms in total. The maximum Gasteiger partial charge on any atom is 0.307 e. The second-order valence-corrected chi connectivity index (χ2v) is 4.24. The van der Waals surface area contributed by atoms with E-state index in [9.17, 15) is 4.79 Å². The lowest BCUT2D eigenvalue weighted by molar-refractivity contribution is -0.136. The number of carbonyl (C=O) groups is 1. The summed E-state index contributed by atoms with van der Waals surface area (Å²) in [6.07, 6.45) is 3.53. The lowest BCUT2D eigenvalue weighted by atomic mass is 10.1. The van der Waals surface area contributed by atoms with Crippen LogP contribution in [-0.2, 0) is 17.8 Å². The quantitative estimate of drug-likeness (QED) is 0.887. The lowest BCUT2D eigenvalue weighted by Gasteiger charge is -2.04. The van der Waals surface area contributed by atoms with Gasteiger partial charge in [0.2, 0.25) is 0 Å². The van der Waals surface area contributed by atoms with Crippen molar-refractivity contribution in [2.45, 2.75) is 26.8 Å². The van der Waals surface area contributed by atoms with Gasteiger partial charge in [0.25, 0.3) is 0 Å². The molecule has 0 radical (unpaired) electrons. The Labute approximate surface area is 105 Å². The number of nitrogens with zero attached hydrogens (tertiary/aromatic N) is 3. The van der Waals surface area contributed by atoms with Crippen LogP contribution < -0.4 is 0 Å². The van der Waals surface area contributed by atoms with Crippen LogP contribution in [0.25, 0.3) is 0 Å². The number of aliphatic carboxylic acids is 1. The van der Waals surface area contributed by atoms with Gasteiger partial charge >= 0.3 is 5.97 Å². The second kappa shape index (κ2) is 5.00. The normalized spacial score (nSPS) is 10.6. The summed E-state index contributed by atoms with van der Waals surface area (Å²) in [6, 6.07) is 3.85. The molecular weight excluding hydrogens is 230 g/mol. The molecule has 0 aliphatic heterocycles. The first-order chi connectivity index (χ1) is 8.58.